The van der Waals surface area contributed by atoms with E-state index in [0.29, 0.717) is 0 Å². The average Bonchev–Trinajstić information content (AvgIpc) is 3.73. The fraction of sp³-hybridized carbons (Fsp3) is 0.387. The smallest absolute Gasteiger partial charge is 0.264 e. The van der Waals surface area contributed by atoms with Gasteiger partial charge in [0.25, 0.3) is 6.71 Å². The summed E-state index contributed by atoms with van der Waals surface area (Å²) in [5.74, 6) is 0. The fourth-order valence-electron chi connectivity index (χ4n) is 12.5. The molecular weight excluding hydrogens is 816 g/mol. The van der Waals surface area contributed by atoms with E-state index >= 15 is 0 Å². The summed E-state index contributed by atoms with van der Waals surface area (Å²) in [6.45, 7) is 38.5. The zero-order valence-electron chi connectivity index (χ0n) is 42.6. The minimum absolute atomic E-state index is 0.0180. The standard InChI is InChI=1S/C62H69BN2S/c1-36-31-49-54-50(32-36)65(47-27-26-43(59(8,9)10)52-40-19-17-18-20-42(40)62(15,16)53(47)52)48-35-45-44(60(11,12)29-30-61(45,13)14)34-46(48)63(54)56-55(41-33-38(58(5,6)7)23-28-51(41)66-56)64(49)39-24-21-37(22-25-39)57(2,3)4/h17-28,31-35H,29-30H2,1-16H3. The van der Waals surface area contributed by atoms with Crippen molar-refractivity contribution >= 4 is 78.0 Å². The topological polar surface area (TPSA) is 6.48 Å². The Labute approximate surface area is 400 Å². The Morgan fingerprint density at radius 3 is 1.80 bits per heavy atom. The molecule has 0 spiro atoms. The quantitative estimate of drug-likeness (QED) is 0.160. The molecule has 7 aromatic rings. The predicted molar refractivity (Wildman–Crippen MR) is 290 cm³/mol. The van der Waals surface area contributed by atoms with Crippen LogP contribution in [0.25, 0.3) is 21.2 Å². The summed E-state index contributed by atoms with van der Waals surface area (Å²) in [7, 11) is 0. The van der Waals surface area contributed by atoms with Crippen LogP contribution >= 0.6 is 11.3 Å². The molecule has 4 aliphatic rings. The molecule has 0 N–H and O–H groups in total. The molecule has 0 atom stereocenters. The van der Waals surface area contributed by atoms with Crippen molar-refractivity contribution < 1.29 is 0 Å². The maximum absolute atomic E-state index is 2.76. The molecule has 66 heavy (non-hydrogen) atoms. The van der Waals surface area contributed by atoms with E-state index in [1.54, 1.807) is 0 Å². The second-order valence-electron chi connectivity index (χ2n) is 25.4. The molecule has 0 saturated heterocycles. The van der Waals surface area contributed by atoms with Gasteiger partial charge in [0.2, 0.25) is 0 Å². The lowest BCUT2D eigenvalue weighted by molar-refractivity contribution is 0.332. The van der Waals surface area contributed by atoms with Crippen molar-refractivity contribution in [3.8, 4) is 11.1 Å². The Morgan fingerprint density at radius 1 is 0.561 bits per heavy atom. The first kappa shape index (κ1) is 43.5. The predicted octanol–water partition coefficient (Wildman–Crippen LogP) is 15.8. The second kappa shape index (κ2) is 13.8. The third-order valence-corrected chi connectivity index (χ3v) is 17.6. The van der Waals surface area contributed by atoms with Crippen molar-refractivity contribution in [3.05, 3.63) is 148 Å². The summed E-state index contributed by atoms with van der Waals surface area (Å²) < 4.78 is 2.80. The third-order valence-electron chi connectivity index (χ3n) is 16.4. The van der Waals surface area contributed by atoms with Crippen molar-refractivity contribution in [3.63, 3.8) is 0 Å². The molecule has 2 nitrogen and oxygen atoms in total. The summed E-state index contributed by atoms with van der Waals surface area (Å²) >= 11 is 2.02. The first-order valence-electron chi connectivity index (χ1n) is 24.7. The van der Waals surface area contributed by atoms with Gasteiger partial charge in [0, 0.05) is 43.0 Å². The molecule has 4 heteroatoms. The number of hydrogen-bond acceptors (Lipinski definition) is 3. The lowest BCUT2D eigenvalue weighted by Crippen LogP contribution is -2.61. The Bertz CT molecular complexity index is 3190. The van der Waals surface area contributed by atoms with Crippen LogP contribution in [0.15, 0.2) is 103 Å². The summed E-state index contributed by atoms with van der Waals surface area (Å²) in [6, 6.07) is 41.5. The minimum Gasteiger partial charge on any atom is -0.311 e. The van der Waals surface area contributed by atoms with E-state index in [1.807, 2.05) is 11.3 Å². The largest absolute Gasteiger partial charge is 0.311 e. The van der Waals surface area contributed by atoms with Crippen LogP contribution in [0, 0.1) is 6.92 Å². The Morgan fingerprint density at radius 2 is 1.17 bits per heavy atom. The number of fused-ring (bicyclic) bond motifs is 10. The van der Waals surface area contributed by atoms with Crippen molar-refractivity contribution in [1.82, 2.24) is 0 Å². The fourth-order valence-corrected chi connectivity index (χ4v) is 13.8. The molecule has 11 rings (SSSR count). The molecule has 1 aromatic heterocycles. The van der Waals surface area contributed by atoms with Gasteiger partial charge in [0.1, 0.15) is 0 Å². The molecule has 2 aliphatic carbocycles. The van der Waals surface area contributed by atoms with E-state index in [4.69, 9.17) is 0 Å². The Kier molecular flexibility index (Phi) is 9.08. The van der Waals surface area contributed by atoms with Crippen LogP contribution in [0.5, 0.6) is 0 Å². The number of thiophene rings is 1. The van der Waals surface area contributed by atoms with E-state index in [9.17, 15) is 0 Å². The first-order chi connectivity index (χ1) is 30.8. The van der Waals surface area contributed by atoms with Crippen LogP contribution in [-0.2, 0) is 32.5 Å². The van der Waals surface area contributed by atoms with Crippen molar-refractivity contribution in [2.45, 2.75) is 156 Å². The molecule has 0 bridgehead atoms. The van der Waals surface area contributed by atoms with Crippen LogP contribution < -0.4 is 25.5 Å². The molecule has 0 amide bonds. The lowest BCUT2D eigenvalue weighted by Gasteiger charge is -2.47. The third kappa shape index (κ3) is 6.18. The minimum atomic E-state index is -0.219. The highest BCUT2D eigenvalue weighted by Gasteiger charge is 2.50. The van der Waals surface area contributed by atoms with Crippen molar-refractivity contribution in [1.29, 1.82) is 0 Å². The normalized spacial score (nSPS) is 17.5. The molecule has 0 fully saturated rings. The van der Waals surface area contributed by atoms with Gasteiger partial charge in [-0.1, -0.05) is 158 Å². The van der Waals surface area contributed by atoms with Crippen LogP contribution in [0.1, 0.15) is 161 Å². The van der Waals surface area contributed by atoms with E-state index in [1.165, 1.54) is 128 Å². The van der Waals surface area contributed by atoms with Crippen LogP contribution in [0.3, 0.4) is 0 Å². The van der Waals surface area contributed by atoms with E-state index in [2.05, 4.69) is 224 Å². The van der Waals surface area contributed by atoms with Gasteiger partial charge in [-0.25, -0.2) is 0 Å². The van der Waals surface area contributed by atoms with Crippen LogP contribution in [0.4, 0.5) is 34.1 Å². The maximum atomic E-state index is 2.76. The van der Waals surface area contributed by atoms with Gasteiger partial charge in [-0.15, -0.1) is 11.3 Å². The van der Waals surface area contributed by atoms with Crippen molar-refractivity contribution in [2.24, 2.45) is 0 Å². The SMILES string of the molecule is Cc1cc2c3c(c1)N(c1ccc(C(C)(C)C)cc1)c1c(sc4ccc(C(C)(C)C)cc14)B3c1cc3c(cc1N2c1ccc(C(C)(C)C)c2c1C(C)(C)c1ccccc1-2)C(C)(C)CCC3(C)C. The zero-order valence-corrected chi connectivity index (χ0v) is 43.4. The van der Waals surface area contributed by atoms with Crippen molar-refractivity contribution in [2.75, 3.05) is 9.80 Å². The summed E-state index contributed by atoms with van der Waals surface area (Å²) in [5.41, 5.74) is 24.7. The zero-order chi connectivity index (χ0) is 47.0. The number of aryl methyl sites for hydroxylation is 1. The maximum Gasteiger partial charge on any atom is 0.264 e. The van der Waals surface area contributed by atoms with Gasteiger partial charge in [0.15, 0.2) is 0 Å². The van der Waals surface area contributed by atoms with Gasteiger partial charge in [-0.2, -0.15) is 0 Å². The van der Waals surface area contributed by atoms with Gasteiger partial charge in [-0.05, 0) is 162 Å². The van der Waals surface area contributed by atoms with E-state index in [0.717, 1.165) is 0 Å². The number of hydrogen-bond donors (Lipinski definition) is 0. The van der Waals surface area contributed by atoms with Gasteiger partial charge < -0.3 is 9.80 Å². The second-order valence-corrected chi connectivity index (χ2v) is 26.5. The first-order valence-corrected chi connectivity index (χ1v) is 25.5. The number of benzene rings is 6. The summed E-state index contributed by atoms with van der Waals surface area (Å²) in [5, 5.41) is 1.36. The number of nitrogens with zero attached hydrogens (tertiary/aromatic N) is 2. The molecule has 3 heterocycles. The molecule has 0 saturated carbocycles. The molecular formula is C62H69BN2S. The average molecular weight is 885 g/mol. The molecule has 6 aromatic carbocycles. The molecule has 0 radical (unpaired) electrons. The number of anilines is 6. The highest BCUT2D eigenvalue weighted by molar-refractivity contribution is 7.33. The lowest BCUT2D eigenvalue weighted by atomic mass is 9.35. The molecule has 336 valence electrons. The van der Waals surface area contributed by atoms with Gasteiger partial charge >= 0.3 is 0 Å². The van der Waals surface area contributed by atoms with Gasteiger partial charge in [0.05, 0.1) is 11.4 Å². The number of rotatable bonds is 2. The highest BCUT2D eigenvalue weighted by Crippen LogP contribution is 2.59. The van der Waals surface area contributed by atoms with Crippen LogP contribution in [-0.4, -0.2) is 6.71 Å². The van der Waals surface area contributed by atoms with Crippen LogP contribution in [0.2, 0.25) is 0 Å². The monoisotopic (exact) mass is 885 g/mol. The molecule has 2 aliphatic heterocycles. The summed E-state index contributed by atoms with van der Waals surface area (Å²) in [4.78, 5) is 5.42. The molecule has 0 unspecified atom stereocenters. The Balaban J connectivity index is 1.29. The highest BCUT2D eigenvalue weighted by atomic mass is 32.1. The van der Waals surface area contributed by atoms with E-state index in [-0.39, 0.29) is 39.2 Å². The van der Waals surface area contributed by atoms with E-state index < -0.39 is 0 Å². The van der Waals surface area contributed by atoms with Gasteiger partial charge in [-0.3, -0.25) is 0 Å². The Hall–Kier alpha value is -5.06. The summed E-state index contributed by atoms with van der Waals surface area (Å²) in [6.07, 6.45) is 2.35.